The number of nitrogens with one attached hydrogen (secondary N) is 2. The van der Waals surface area contributed by atoms with Crippen LogP contribution in [0.1, 0.15) is 34.8 Å². The fraction of sp³-hybridized carbons (Fsp3) is 0.387. The van der Waals surface area contributed by atoms with Crippen molar-refractivity contribution in [2.45, 2.75) is 36.0 Å². The van der Waals surface area contributed by atoms with E-state index in [2.05, 4.69) is 10.3 Å². The Morgan fingerprint density at radius 2 is 1.84 bits per heavy atom. The molecule has 6 unspecified atom stereocenters. The van der Waals surface area contributed by atoms with E-state index < -0.39 is 17.8 Å². The second-order valence-electron chi connectivity index (χ2n) is 11.7. The van der Waals surface area contributed by atoms with E-state index in [0.717, 1.165) is 38.0 Å². The molecule has 4 aliphatic rings. The summed E-state index contributed by atoms with van der Waals surface area (Å²) >= 11 is 2.77. The van der Waals surface area contributed by atoms with Gasteiger partial charge in [0.05, 0.1) is 23.3 Å². The zero-order valence-electron chi connectivity index (χ0n) is 23.1. The van der Waals surface area contributed by atoms with Crippen molar-refractivity contribution in [3.8, 4) is 5.75 Å². The summed E-state index contributed by atoms with van der Waals surface area (Å²) in [4.78, 5) is 68.1. The SMILES string of the molecule is Cc1ccccc1NC(=O)COc1cccc([C@H]2c3sc(=O)[nH]c3SC3C4CC(C5C(=O)N(CCC(=O)O)C(=O)C45)C32)c1. The number of nitrogens with zero attached hydrogens (tertiary/aromatic N) is 1. The molecule has 1 saturated heterocycles. The molecule has 3 heterocycles. The number of carbonyl (C=O) groups is 4. The number of aromatic nitrogens is 1. The Balaban J connectivity index is 1.16. The third-order valence-corrected chi connectivity index (χ3v) is 12.0. The molecule has 10 nitrogen and oxygen atoms in total. The lowest BCUT2D eigenvalue weighted by Crippen LogP contribution is -2.42. The van der Waals surface area contributed by atoms with Crippen molar-refractivity contribution in [3.05, 3.63) is 74.2 Å². The van der Waals surface area contributed by atoms with Gasteiger partial charge in [-0.3, -0.25) is 28.9 Å². The highest BCUT2D eigenvalue weighted by molar-refractivity contribution is 8.00. The molecule has 3 N–H and O–H groups in total. The summed E-state index contributed by atoms with van der Waals surface area (Å²) in [5, 5.41) is 12.8. The Kier molecular flexibility index (Phi) is 6.93. The number of carboxylic acid groups (broad SMARTS) is 1. The molecule has 2 saturated carbocycles. The quantitative estimate of drug-likeness (QED) is 0.324. The van der Waals surface area contributed by atoms with E-state index in [-0.39, 0.29) is 71.1 Å². The van der Waals surface area contributed by atoms with Gasteiger partial charge in [0.25, 0.3) is 5.91 Å². The molecule has 222 valence electrons. The van der Waals surface area contributed by atoms with Crippen molar-refractivity contribution >= 4 is 52.5 Å². The minimum absolute atomic E-state index is 0.00554. The molecule has 43 heavy (non-hydrogen) atoms. The number of H-pyrrole nitrogens is 1. The highest BCUT2D eigenvalue weighted by atomic mass is 32.2. The van der Waals surface area contributed by atoms with Crippen molar-refractivity contribution in [3.63, 3.8) is 0 Å². The van der Waals surface area contributed by atoms with E-state index in [0.29, 0.717) is 5.75 Å². The van der Waals surface area contributed by atoms with Crippen molar-refractivity contribution < 1.29 is 29.0 Å². The molecule has 3 fully saturated rings. The predicted octanol–water partition coefficient (Wildman–Crippen LogP) is 3.71. The van der Waals surface area contributed by atoms with Crippen LogP contribution in [0.15, 0.2) is 58.4 Å². The monoisotopic (exact) mass is 619 g/mol. The summed E-state index contributed by atoms with van der Waals surface area (Å²) in [6.45, 7) is 1.63. The number of aryl methyl sites for hydroxylation is 1. The predicted molar refractivity (Wildman–Crippen MR) is 159 cm³/mol. The van der Waals surface area contributed by atoms with Crippen LogP contribution in [-0.2, 0) is 19.2 Å². The number of aromatic amines is 1. The summed E-state index contributed by atoms with van der Waals surface area (Å²) < 4.78 is 5.90. The number of hydrogen-bond donors (Lipinski definition) is 3. The number of thioether (sulfide) groups is 1. The number of benzene rings is 2. The highest BCUT2D eigenvalue weighted by Crippen LogP contribution is 2.68. The number of carboxylic acids is 1. The smallest absolute Gasteiger partial charge is 0.305 e. The lowest BCUT2D eigenvalue weighted by atomic mass is 9.68. The summed E-state index contributed by atoms with van der Waals surface area (Å²) in [7, 11) is 0. The van der Waals surface area contributed by atoms with Gasteiger partial charge in [0, 0.05) is 28.3 Å². The number of imide groups is 1. The molecular weight excluding hydrogens is 590 g/mol. The van der Waals surface area contributed by atoms with Crippen LogP contribution in [0.4, 0.5) is 5.69 Å². The maximum atomic E-state index is 13.5. The molecule has 12 heteroatoms. The summed E-state index contributed by atoms with van der Waals surface area (Å²) in [6.07, 6.45) is 0.470. The fourth-order valence-corrected chi connectivity index (χ4v) is 10.6. The van der Waals surface area contributed by atoms with Crippen LogP contribution in [0, 0.1) is 36.5 Å². The van der Waals surface area contributed by atoms with Gasteiger partial charge in [0.15, 0.2) is 6.61 Å². The summed E-state index contributed by atoms with van der Waals surface area (Å²) in [5.41, 5.74) is 2.60. The number of para-hydroxylation sites is 1. The molecule has 7 rings (SSSR count). The molecule has 2 aliphatic heterocycles. The van der Waals surface area contributed by atoms with E-state index in [1.54, 1.807) is 17.8 Å². The van der Waals surface area contributed by atoms with E-state index >= 15 is 0 Å². The number of fused-ring (bicyclic) bond motifs is 9. The first kappa shape index (κ1) is 27.9. The maximum Gasteiger partial charge on any atom is 0.305 e. The van der Waals surface area contributed by atoms with E-state index in [4.69, 9.17) is 9.84 Å². The summed E-state index contributed by atoms with van der Waals surface area (Å²) in [5.74, 6) is -2.56. The molecule has 2 aliphatic carbocycles. The first-order valence-corrected chi connectivity index (χ1v) is 16.0. The van der Waals surface area contributed by atoms with Crippen LogP contribution in [0.3, 0.4) is 0 Å². The van der Waals surface area contributed by atoms with Crippen molar-refractivity contribution in [1.29, 1.82) is 0 Å². The first-order chi connectivity index (χ1) is 20.7. The normalized spacial score (nSPS) is 28.4. The number of aliphatic carboxylic acids is 1. The number of hydrogen-bond acceptors (Lipinski definition) is 8. The van der Waals surface area contributed by atoms with E-state index in [1.165, 1.54) is 11.3 Å². The van der Waals surface area contributed by atoms with Gasteiger partial charge < -0.3 is 20.1 Å². The summed E-state index contributed by atoms with van der Waals surface area (Å²) in [6, 6.07) is 15.0. The minimum Gasteiger partial charge on any atom is -0.484 e. The highest BCUT2D eigenvalue weighted by Gasteiger charge is 2.69. The zero-order valence-corrected chi connectivity index (χ0v) is 24.8. The molecule has 0 radical (unpaired) electrons. The lowest BCUT2D eigenvalue weighted by Gasteiger charge is -2.43. The van der Waals surface area contributed by atoms with Gasteiger partial charge in [0.2, 0.25) is 11.8 Å². The van der Waals surface area contributed by atoms with Crippen molar-refractivity contribution in [1.82, 2.24) is 9.88 Å². The van der Waals surface area contributed by atoms with E-state index in [9.17, 15) is 24.0 Å². The Morgan fingerprint density at radius 1 is 1.07 bits per heavy atom. The third kappa shape index (κ3) is 4.67. The molecule has 2 aromatic carbocycles. The number of amides is 3. The van der Waals surface area contributed by atoms with Crippen LogP contribution in [-0.4, -0.2) is 57.1 Å². The minimum atomic E-state index is -1.05. The Bertz CT molecular complexity index is 1720. The van der Waals surface area contributed by atoms with Crippen molar-refractivity contribution in [2.24, 2.45) is 29.6 Å². The van der Waals surface area contributed by atoms with Gasteiger partial charge in [-0.25, -0.2) is 0 Å². The molecule has 1 aromatic heterocycles. The van der Waals surface area contributed by atoms with Crippen molar-refractivity contribution in [2.75, 3.05) is 18.5 Å². The molecule has 7 atom stereocenters. The van der Waals surface area contributed by atoms with E-state index in [1.807, 2.05) is 49.4 Å². The van der Waals surface area contributed by atoms with Gasteiger partial charge in [-0.2, -0.15) is 0 Å². The Hall–Kier alpha value is -3.90. The Morgan fingerprint density at radius 3 is 2.60 bits per heavy atom. The van der Waals surface area contributed by atoms with Crippen LogP contribution in [0.5, 0.6) is 5.75 Å². The largest absolute Gasteiger partial charge is 0.484 e. The number of likely N-dealkylation sites (tertiary alicyclic amines) is 1. The molecule has 0 spiro atoms. The van der Waals surface area contributed by atoms with Gasteiger partial charge >= 0.3 is 10.8 Å². The third-order valence-electron chi connectivity index (χ3n) is 9.37. The van der Waals surface area contributed by atoms with Gasteiger partial charge in [-0.15, -0.1) is 11.8 Å². The van der Waals surface area contributed by atoms with Crippen LogP contribution in [0.25, 0.3) is 0 Å². The van der Waals surface area contributed by atoms with Gasteiger partial charge in [-0.1, -0.05) is 41.7 Å². The first-order valence-electron chi connectivity index (χ1n) is 14.3. The maximum absolute atomic E-state index is 13.5. The van der Waals surface area contributed by atoms with Crippen LogP contribution < -0.4 is 14.9 Å². The zero-order chi connectivity index (χ0) is 30.0. The number of ether oxygens (including phenoxy) is 1. The average Bonchev–Trinajstić information content (AvgIpc) is 3.71. The second-order valence-corrected chi connectivity index (χ2v) is 13.9. The Labute approximate surface area is 254 Å². The standard InChI is InChI=1S/C31H29N3O7S2/c1-14-5-2-3-8-19(14)32-20(35)13-41-16-7-4-6-15(11-16)22-23-17-12-18(26(23)42-28-27(22)43-31(40)33-28)25-24(17)29(38)34(30(25)39)10-9-21(36)37/h2-8,11,17-18,22-26H,9-10,12-13H2,1H3,(H,32,35)(H,33,40)(H,36,37)/t17?,18?,22-,23?,24?,25?,26?/m1/s1. The number of carbonyl (C=O) groups excluding carboxylic acids is 3. The van der Waals surface area contributed by atoms with Gasteiger partial charge in [-0.05, 0) is 60.4 Å². The molecule has 3 aromatic rings. The molecular formula is C31H29N3O7S2. The number of rotatable bonds is 8. The molecule has 2 bridgehead atoms. The fourth-order valence-electron chi connectivity index (χ4n) is 7.73. The second kappa shape index (κ2) is 10.7. The molecule has 3 amide bonds. The van der Waals surface area contributed by atoms with Gasteiger partial charge in [0.1, 0.15) is 5.75 Å². The number of anilines is 1. The average molecular weight is 620 g/mol. The lowest BCUT2D eigenvalue weighted by molar-refractivity contribution is -0.142. The van der Waals surface area contributed by atoms with Crippen LogP contribution >= 0.6 is 23.1 Å². The topological polar surface area (TPSA) is 146 Å². The number of thiazole rings is 1. The van der Waals surface area contributed by atoms with Crippen LogP contribution in [0.2, 0.25) is 0 Å².